The molecular formula is C10H15N5O3. The molecular weight excluding hydrogens is 238 g/mol. The standard InChI is InChI=1S/C10H15N5O3/c1-6(7-2-3-18-5-7)13-9-8(15(16)17)4-12-10(11)14-9/h4,6-7H,2-3,5H2,1H3,(H3,11,12,13,14). The van der Waals surface area contributed by atoms with Crippen LogP contribution >= 0.6 is 0 Å². The second kappa shape index (κ2) is 5.13. The highest BCUT2D eigenvalue weighted by atomic mass is 16.6. The van der Waals surface area contributed by atoms with Gasteiger partial charge in [-0.25, -0.2) is 4.98 Å². The maximum absolute atomic E-state index is 10.9. The predicted octanol–water partition coefficient (Wildman–Crippen LogP) is 0.804. The molecule has 1 saturated heterocycles. The molecule has 0 aromatic carbocycles. The molecule has 1 aromatic heterocycles. The summed E-state index contributed by atoms with van der Waals surface area (Å²) in [5.41, 5.74) is 5.28. The molecule has 1 aromatic rings. The molecule has 1 fully saturated rings. The Morgan fingerprint density at radius 3 is 3.11 bits per heavy atom. The average Bonchev–Trinajstić information content (AvgIpc) is 2.81. The molecule has 2 atom stereocenters. The minimum absolute atomic E-state index is 0.0120. The largest absolute Gasteiger partial charge is 0.381 e. The third-order valence-corrected chi connectivity index (χ3v) is 3.02. The quantitative estimate of drug-likeness (QED) is 0.602. The molecule has 2 unspecified atom stereocenters. The van der Waals surface area contributed by atoms with Crippen LogP contribution in [-0.2, 0) is 4.74 Å². The van der Waals surface area contributed by atoms with Gasteiger partial charge in [-0.15, -0.1) is 0 Å². The second-order valence-electron chi connectivity index (χ2n) is 4.28. The fraction of sp³-hybridized carbons (Fsp3) is 0.600. The Hall–Kier alpha value is -1.96. The summed E-state index contributed by atoms with van der Waals surface area (Å²) in [6.07, 6.45) is 2.05. The highest BCUT2D eigenvalue weighted by Crippen LogP contribution is 2.25. The van der Waals surface area contributed by atoms with E-state index in [1.165, 1.54) is 0 Å². The SMILES string of the molecule is CC(Nc1nc(N)ncc1[N+](=O)[O-])C1CCOC1. The lowest BCUT2D eigenvalue weighted by Gasteiger charge is -2.19. The summed E-state index contributed by atoms with van der Waals surface area (Å²) >= 11 is 0. The Bertz CT molecular complexity index is 447. The second-order valence-corrected chi connectivity index (χ2v) is 4.28. The van der Waals surface area contributed by atoms with Crippen molar-refractivity contribution in [3.05, 3.63) is 16.3 Å². The van der Waals surface area contributed by atoms with E-state index in [0.717, 1.165) is 19.2 Å². The molecule has 1 aliphatic rings. The van der Waals surface area contributed by atoms with E-state index in [1.54, 1.807) is 0 Å². The van der Waals surface area contributed by atoms with Crippen molar-refractivity contribution >= 4 is 17.5 Å². The van der Waals surface area contributed by atoms with Crippen LogP contribution in [0.4, 0.5) is 17.5 Å². The van der Waals surface area contributed by atoms with Crippen LogP contribution < -0.4 is 11.1 Å². The summed E-state index contributed by atoms with van der Waals surface area (Å²) in [5.74, 6) is 0.491. The van der Waals surface area contributed by atoms with Crippen LogP contribution in [0.1, 0.15) is 13.3 Å². The minimum atomic E-state index is -0.528. The number of nitrogen functional groups attached to an aromatic ring is 1. The molecule has 0 saturated carbocycles. The number of hydrogen-bond donors (Lipinski definition) is 2. The highest BCUT2D eigenvalue weighted by molar-refractivity contribution is 5.56. The lowest BCUT2D eigenvalue weighted by Crippen LogP contribution is -2.27. The van der Waals surface area contributed by atoms with E-state index in [-0.39, 0.29) is 23.5 Å². The average molecular weight is 253 g/mol. The van der Waals surface area contributed by atoms with Crippen LogP contribution in [0.3, 0.4) is 0 Å². The molecule has 8 heteroatoms. The summed E-state index contributed by atoms with van der Waals surface area (Å²) in [6, 6.07) is 0.0282. The molecule has 0 bridgehead atoms. The summed E-state index contributed by atoms with van der Waals surface area (Å²) < 4.78 is 5.29. The minimum Gasteiger partial charge on any atom is -0.381 e. The number of nitrogens with one attached hydrogen (secondary N) is 1. The molecule has 0 aliphatic carbocycles. The van der Waals surface area contributed by atoms with Crippen molar-refractivity contribution in [2.24, 2.45) is 5.92 Å². The van der Waals surface area contributed by atoms with Crippen LogP contribution in [0.25, 0.3) is 0 Å². The number of nitrogens with zero attached hydrogens (tertiary/aromatic N) is 3. The van der Waals surface area contributed by atoms with Crippen LogP contribution in [0, 0.1) is 16.0 Å². The topological polar surface area (TPSA) is 116 Å². The summed E-state index contributed by atoms with van der Waals surface area (Å²) in [6.45, 7) is 3.33. The highest BCUT2D eigenvalue weighted by Gasteiger charge is 2.25. The van der Waals surface area contributed by atoms with Gasteiger partial charge >= 0.3 is 5.69 Å². The zero-order valence-electron chi connectivity index (χ0n) is 10.00. The van der Waals surface area contributed by atoms with Gasteiger partial charge in [-0.3, -0.25) is 10.1 Å². The summed E-state index contributed by atoms with van der Waals surface area (Å²) in [4.78, 5) is 17.8. The molecule has 98 valence electrons. The lowest BCUT2D eigenvalue weighted by atomic mass is 10.0. The van der Waals surface area contributed by atoms with E-state index in [2.05, 4.69) is 15.3 Å². The molecule has 3 N–H and O–H groups in total. The van der Waals surface area contributed by atoms with Gasteiger partial charge in [-0.2, -0.15) is 4.98 Å². The molecule has 0 spiro atoms. The van der Waals surface area contributed by atoms with Gasteiger partial charge in [-0.1, -0.05) is 0 Å². The molecule has 1 aliphatic heterocycles. The molecule has 2 rings (SSSR count). The van der Waals surface area contributed by atoms with Gasteiger partial charge in [0.15, 0.2) is 0 Å². The summed E-state index contributed by atoms with van der Waals surface area (Å²) in [7, 11) is 0. The Morgan fingerprint density at radius 1 is 1.72 bits per heavy atom. The van der Waals surface area contributed by atoms with Gasteiger partial charge in [0.2, 0.25) is 11.8 Å². The molecule has 0 radical (unpaired) electrons. The maximum atomic E-state index is 10.9. The van der Waals surface area contributed by atoms with Crippen molar-refractivity contribution < 1.29 is 9.66 Å². The number of anilines is 2. The van der Waals surface area contributed by atoms with Crippen molar-refractivity contribution in [1.29, 1.82) is 0 Å². The maximum Gasteiger partial charge on any atom is 0.329 e. The fourth-order valence-corrected chi connectivity index (χ4v) is 1.91. The van der Waals surface area contributed by atoms with Gasteiger partial charge < -0.3 is 15.8 Å². The van der Waals surface area contributed by atoms with Crippen LogP contribution in [0.2, 0.25) is 0 Å². The van der Waals surface area contributed by atoms with E-state index in [0.29, 0.717) is 12.5 Å². The van der Waals surface area contributed by atoms with Gasteiger partial charge in [0, 0.05) is 18.6 Å². The first-order valence-electron chi connectivity index (χ1n) is 5.69. The smallest absolute Gasteiger partial charge is 0.329 e. The first-order chi connectivity index (χ1) is 8.58. The van der Waals surface area contributed by atoms with Gasteiger partial charge in [0.1, 0.15) is 6.20 Å². The van der Waals surface area contributed by atoms with Crippen LogP contribution in [0.5, 0.6) is 0 Å². The first-order valence-corrected chi connectivity index (χ1v) is 5.69. The Balaban J connectivity index is 2.16. The fourth-order valence-electron chi connectivity index (χ4n) is 1.91. The number of aromatic nitrogens is 2. The normalized spacial score (nSPS) is 20.6. The zero-order valence-corrected chi connectivity index (χ0v) is 10.00. The van der Waals surface area contributed by atoms with Crippen molar-refractivity contribution in [2.75, 3.05) is 24.3 Å². The number of nitro groups is 1. The van der Waals surface area contributed by atoms with Gasteiger partial charge in [0.25, 0.3) is 0 Å². The Kier molecular flexibility index (Phi) is 3.56. The van der Waals surface area contributed by atoms with Crippen LogP contribution in [0.15, 0.2) is 6.20 Å². The van der Waals surface area contributed by atoms with Crippen molar-refractivity contribution in [1.82, 2.24) is 9.97 Å². The van der Waals surface area contributed by atoms with Crippen molar-refractivity contribution in [2.45, 2.75) is 19.4 Å². The number of ether oxygens (including phenoxy) is 1. The van der Waals surface area contributed by atoms with Crippen molar-refractivity contribution in [3.8, 4) is 0 Å². The molecule has 8 nitrogen and oxygen atoms in total. The summed E-state index contributed by atoms with van der Waals surface area (Å²) in [5, 5.41) is 13.9. The van der Waals surface area contributed by atoms with E-state index in [4.69, 9.17) is 10.5 Å². The van der Waals surface area contributed by atoms with E-state index < -0.39 is 4.92 Å². The number of nitrogens with two attached hydrogens (primary N) is 1. The monoisotopic (exact) mass is 253 g/mol. The van der Waals surface area contributed by atoms with E-state index in [1.807, 2.05) is 6.92 Å². The molecule has 2 heterocycles. The van der Waals surface area contributed by atoms with Gasteiger partial charge in [-0.05, 0) is 13.3 Å². The van der Waals surface area contributed by atoms with E-state index in [9.17, 15) is 10.1 Å². The first kappa shape index (κ1) is 12.5. The number of hydrogen-bond acceptors (Lipinski definition) is 7. The molecule has 0 amide bonds. The third-order valence-electron chi connectivity index (χ3n) is 3.02. The third kappa shape index (κ3) is 2.65. The Labute approximate surface area is 104 Å². The number of rotatable bonds is 4. The van der Waals surface area contributed by atoms with Crippen LogP contribution in [-0.4, -0.2) is 34.1 Å². The Morgan fingerprint density at radius 2 is 2.50 bits per heavy atom. The van der Waals surface area contributed by atoms with Crippen molar-refractivity contribution in [3.63, 3.8) is 0 Å². The van der Waals surface area contributed by atoms with Gasteiger partial charge in [0.05, 0.1) is 11.5 Å². The lowest BCUT2D eigenvalue weighted by molar-refractivity contribution is -0.384. The zero-order chi connectivity index (χ0) is 13.1. The van der Waals surface area contributed by atoms with E-state index >= 15 is 0 Å². The molecule has 18 heavy (non-hydrogen) atoms. The predicted molar refractivity (Wildman–Crippen MR) is 65.1 cm³/mol.